The van der Waals surface area contributed by atoms with Crippen LogP contribution in [0.2, 0.25) is 0 Å². The number of rotatable bonds is 3. The number of nitrogens with zero attached hydrogens (tertiary/aromatic N) is 1. The number of methoxy groups -OCH3 is 1. The molecule has 23 heavy (non-hydrogen) atoms. The average Bonchev–Trinajstić information content (AvgIpc) is 2.75. The maximum absolute atomic E-state index is 12.6. The van der Waals surface area contributed by atoms with Crippen molar-refractivity contribution in [1.82, 2.24) is 3.71 Å². The zero-order chi connectivity index (χ0) is 16.8. The van der Waals surface area contributed by atoms with Gasteiger partial charge in [0.15, 0.2) is 0 Å². The van der Waals surface area contributed by atoms with E-state index in [0.29, 0.717) is 5.75 Å². The fourth-order valence-electron chi connectivity index (χ4n) is 2.25. The van der Waals surface area contributed by atoms with E-state index in [4.69, 9.17) is 4.74 Å². The van der Waals surface area contributed by atoms with E-state index in [0.717, 1.165) is 0 Å². The highest BCUT2D eigenvalue weighted by Crippen LogP contribution is 2.34. The van der Waals surface area contributed by atoms with Crippen molar-refractivity contribution in [2.45, 2.75) is 9.79 Å². The summed E-state index contributed by atoms with van der Waals surface area (Å²) in [6, 6.07) is 10.5. The van der Waals surface area contributed by atoms with Gasteiger partial charge in [-0.25, -0.2) is 0 Å². The van der Waals surface area contributed by atoms with E-state index in [1.807, 2.05) is 0 Å². The molecule has 3 rings (SSSR count). The molecule has 0 N–H and O–H groups in total. The summed E-state index contributed by atoms with van der Waals surface area (Å²) in [6.45, 7) is 0. The van der Waals surface area contributed by atoms with Crippen molar-refractivity contribution < 1.29 is 26.4 Å². The highest BCUT2D eigenvalue weighted by Gasteiger charge is 2.48. The van der Waals surface area contributed by atoms with E-state index in [1.54, 1.807) is 0 Å². The van der Waals surface area contributed by atoms with Crippen LogP contribution in [0.1, 0.15) is 10.4 Å². The molecule has 120 valence electrons. The molecule has 0 aromatic heterocycles. The first-order valence-electron chi connectivity index (χ1n) is 6.38. The van der Waals surface area contributed by atoms with Gasteiger partial charge in [-0.15, -0.1) is 3.71 Å². The monoisotopic (exact) mass is 353 g/mol. The molecule has 0 aliphatic carbocycles. The molecule has 0 atom stereocenters. The summed E-state index contributed by atoms with van der Waals surface area (Å²) in [4.78, 5) is 11.7. The zero-order valence-corrected chi connectivity index (χ0v) is 13.5. The van der Waals surface area contributed by atoms with Gasteiger partial charge in [0, 0.05) is 0 Å². The Kier molecular flexibility index (Phi) is 3.42. The van der Waals surface area contributed by atoms with Crippen LogP contribution >= 0.6 is 0 Å². The lowest BCUT2D eigenvalue weighted by atomic mass is 10.2. The number of amides is 1. The van der Waals surface area contributed by atoms with Gasteiger partial charge in [0.25, 0.3) is 26.0 Å². The van der Waals surface area contributed by atoms with Crippen LogP contribution in [0.4, 0.5) is 0 Å². The van der Waals surface area contributed by atoms with E-state index >= 15 is 0 Å². The zero-order valence-electron chi connectivity index (χ0n) is 11.8. The Morgan fingerprint density at radius 3 is 2.17 bits per heavy atom. The molecule has 0 spiro atoms. The second kappa shape index (κ2) is 5.07. The third-order valence-corrected chi connectivity index (χ3v) is 7.52. The van der Waals surface area contributed by atoms with Crippen molar-refractivity contribution in [2.75, 3.05) is 7.11 Å². The lowest BCUT2D eigenvalue weighted by Gasteiger charge is -2.15. The van der Waals surface area contributed by atoms with Crippen LogP contribution in [0.25, 0.3) is 0 Å². The molecular weight excluding hydrogens is 342 g/mol. The summed E-state index contributed by atoms with van der Waals surface area (Å²) < 4.78 is 55.0. The van der Waals surface area contributed by atoms with E-state index in [2.05, 4.69) is 0 Å². The Morgan fingerprint density at radius 2 is 1.61 bits per heavy atom. The number of carbonyl (C=O) groups excluding carboxylic acids is 1. The maximum Gasteiger partial charge on any atom is 0.283 e. The number of ether oxygens (including phenoxy) is 1. The Labute approximate surface area is 133 Å². The molecule has 2 aromatic carbocycles. The predicted molar refractivity (Wildman–Crippen MR) is 80.0 cm³/mol. The van der Waals surface area contributed by atoms with Crippen molar-refractivity contribution in [1.29, 1.82) is 0 Å². The molecular formula is C14H11NO6S2. The number of carbonyl (C=O) groups is 1. The minimum absolute atomic E-state index is 0.0630. The molecule has 9 heteroatoms. The maximum atomic E-state index is 12.6. The van der Waals surface area contributed by atoms with Crippen molar-refractivity contribution in [2.24, 2.45) is 0 Å². The van der Waals surface area contributed by atoms with E-state index < -0.39 is 26.0 Å². The van der Waals surface area contributed by atoms with Gasteiger partial charge in [-0.2, -0.15) is 16.8 Å². The van der Waals surface area contributed by atoms with Crippen LogP contribution in [0.5, 0.6) is 5.75 Å². The molecule has 1 amide bonds. The largest absolute Gasteiger partial charge is 0.497 e. The summed E-state index contributed by atoms with van der Waals surface area (Å²) in [7, 11) is -7.59. The molecule has 1 aliphatic rings. The second-order valence-electron chi connectivity index (χ2n) is 4.68. The van der Waals surface area contributed by atoms with Crippen molar-refractivity contribution in [3.05, 3.63) is 54.1 Å². The molecule has 0 unspecified atom stereocenters. The topological polar surface area (TPSA) is 97.8 Å². The Hall–Kier alpha value is -2.39. The number of hydrogen-bond donors (Lipinski definition) is 0. The SMILES string of the molecule is COc1ccc(S(=O)(=O)N2C(=O)c3ccccc3S2(=O)=O)cc1. The highest BCUT2D eigenvalue weighted by atomic mass is 32.3. The van der Waals surface area contributed by atoms with Crippen LogP contribution in [0.3, 0.4) is 0 Å². The number of sulfonamides is 2. The van der Waals surface area contributed by atoms with Gasteiger partial charge in [0.05, 0.1) is 17.6 Å². The minimum atomic E-state index is -4.55. The average molecular weight is 353 g/mol. The third-order valence-electron chi connectivity index (χ3n) is 3.36. The number of fused-ring (bicyclic) bond motifs is 1. The van der Waals surface area contributed by atoms with Crippen LogP contribution < -0.4 is 4.74 Å². The molecule has 0 saturated heterocycles. The molecule has 1 aliphatic heterocycles. The first-order chi connectivity index (χ1) is 10.8. The Balaban J connectivity index is 2.16. The molecule has 0 fully saturated rings. The number of benzene rings is 2. The van der Waals surface area contributed by atoms with Crippen LogP contribution in [0.15, 0.2) is 58.3 Å². The third kappa shape index (κ3) is 2.20. The van der Waals surface area contributed by atoms with E-state index in [9.17, 15) is 21.6 Å². The summed E-state index contributed by atoms with van der Waals surface area (Å²) in [5.74, 6) is -0.681. The fourth-order valence-corrected chi connectivity index (χ4v) is 5.95. The Morgan fingerprint density at radius 1 is 1.00 bits per heavy atom. The summed E-state index contributed by atoms with van der Waals surface area (Å²) in [6.07, 6.45) is 0. The predicted octanol–water partition coefficient (Wildman–Crippen LogP) is 1.23. The quantitative estimate of drug-likeness (QED) is 0.823. The van der Waals surface area contributed by atoms with Gasteiger partial charge < -0.3 is 4.74 Å². The lowest BCUT2D eigenvalue weighted by Crippen LogP contribution is -2.36. The second-order valence-corrected chi connectivity index (χ2v) is 8.46. The molecule has 0 radical (unpaired) electrons. The molecule has 0 saturated carbocycles. The lowest BCUT2D eigenvalue weighted by molar-refractivity contribution is 0.0928. The van der Waals surface area contributed by atoms with Crippen molar-refractivity contribution in [3.8, 4) is 5.75 Å². The first kappa shape index (κ1) is 15.5. The summed E-state index contributed by atoms with van der Waals surface area (Å²) in [5.41, 5.74) is -0.162. The summed E-state index contributed by atoms with van der Waals surface area (Å²) in [5, 5.41) is 0. The summed E-state index contributed by atoms with van der Waals surface area (Å²) >= 11 is 0. The Bertz CT molecular complexity index is 994. The highest BCUT2D eigenvalue weighted by molar-refractivity contribution is 8.05. The minimum Gasteiger partial charge on any atom is -0.497 e. The van der Waals surface area contributed by atoms with Crippen LogP contribution in [-0.4, -0.2) is 33.6 Å². The van der Waals surface area contributed by atoms with Gasteiger partial charge in [0.1, 0.15) is 10.6 Å². The van der Waals surface area contributed by atoms with E-state index in [1.165, 1.54) is 55.6 Å². The molecule has 1 heterocycles. The van der Waals surface area contributed by atoms with Gasteiger partial charge in [0.2, 0.25) is 0 Å². The van der Waals surface area contributed by atoms with Crippen LogP contribution in [0, 0.1) is 0 Å². The van der Waals surface area contributed by atoms with Gasteiger partial charge in [-0.05, 0) is 36.4 Å². The smallest absolute Gasteiger partial charge is 0.283 e. The van der Waals surface area contributed by atoms with Gasteiger partial charge in [-0.3, -0.25) is 4.79 Å². The van der Waals surface area contributed by atoms with Crippen molar-refractivity contribution >= 4 is 26.0 Å². The van der Waals surface area contributed by atoms with Crippen molar-refractivity contribution in [3.63, 3.8) is 0 Å². The normalized spacial score (nSPS) is 16.2. The standard InChI is InChI=1S/C14H11NO6S2/c1-21-10-6-8-11(9-7-10)22(17,18)15-14(16)12-4-2-3-5-13(12)23(15,19)20/h2-9H,1H3. The first-order valence-corrected chi connectivity index (χ1v) is 9.26. The fraction of sp³-hybridized carbons (Fsp3) is 0.0714. The van der Waals surface area contributed by atoms with E-state index in [-0.39, 0.29) is 19.1 Å². The molecule has 2 aromatic rings. The van der Waals surface area contributed by atoms with Gasteiger partial charge >= 0.3 is 0 Å². The number of hydrogen-bond acceptors (Lipinski definition) is 6. The molecule has 7 nitrogen and oxygen atoms in total. The van der Waals surface area contributed by atoms with Crippen LogP contribution in [-0.2, 0) is 20.0 Å². The molecule has 0 bridgehead atoms. The van der Waals surface area contributed by atoms with Gasteiger partial charge in [-0.1, -0.05) is 12.1 Å².